The van der Waals surface area contributed by atoms with Gasteiger partial charge in [0.2, 0.25) is 0 Å². The van der Waals surface area contributed by atoms with E-state index in [4.69, 9.17) is 5.11 Å². The van der Waals surface area contributed by atoms with Crippen LogP contribution in [0.25, 0.3) is 0 Å². The third kappa shape index (κ3) is 6.79. The Morgan fingerprint density at radius 1 is 1.05 bits per heavy atom. The first-order chi connectivity index (χ1) is 10.5. The van der Waals surface area contributed by atoms with Crippen molar-refractivity contribution >= 4 is 20.4 Å². The molecule has 0 spiro atoms. The first kappa shape index (κ1) is 19.6. The molecule has 2 heterocycles. The van der Waals surface area contributed by atoms with Gasteiger partial charge in [-0.15, -0.1) is 0 Å². The number of carbonyl (C=O) groups is 1. The van der Waals surface area contributed by atoms with Crippen molar-refractivity contribution in [1.82, 2.24) is 9.62 Å². The number of aldehydes is 1. The minimum atomic E-state index is -0.405. The second-order valence-electron chi connectivity index (χ2n) is 6.48. The molecule has 2 atom stereocenters. The first-order valence-electron chi connectivity index (χ1n) is 8.38. The van der Waals surface area contributed by atoms with Gasteiger partial charge in [0.15, 0.2) is 0 Å². The third-order valence-corrected chi connectivity index (χ3v) is 4.55. The molecule has 2 aliphatic rings. The van der Waals surface area contributed by atoms with Crippen molar-refractivity contribution in [3.63, 3.8) is 0 Å². The molecular weight excluding hydrogens is 282 g/mol. The highest BCUT2D eigenvalue weighted by molar-refractivity contribution is 6.45. The Bertz CT molecular complexity index is 321. The fraction of sp³-hybridized carbons (Fsp3) is 0.929. The molecule has 0 aromatic rings. The zero-order valence-corrected chi connectivity index (χ0v) is 13.9. The van der Waals surface area contributed by atoms with Gasteiger partial charge < -0.3 is 29.6 Å². The molecule has 0 aromatic carbocycles. The van der Waals surface area contributed by atoms with Crippen molar-refractivity contribution in [1.29, 1.82) is 0 Å². The van der Waals surface area contributed by atoms with Gasteiger partial charge in [-0.2, -0.15) is 0 Å². The van der Waals surface area contributed by atoms with Gasteiger partial charge in [0, 0.05) is 12.5 Å². The van der Waals surface area contributed by atoms with Crippen LogP contribution in [0.15, 0.2) is 0 Å². The summed E-state index contributed by atoms with van der Waals surface area (Å²) in [5, 5.41) is 27.3. The molecule has 126 valence electrons. The molecule has 0 radical (unpaired) electrons. The summed E-state index contributed by atoms with van der Waals surface area (Å²) in [6.07, 6.45) is 5.19. The molecule has 2 rings (SSSR count). The minimum Gasteiger partial charge on any atom is -0.437 e. The van der Waals surface area contributed by atoms with E-state index in [1.54, 1.807) is 13.6 Å². The monoisotopic (exact) mass is 312 g/mol. The number of piperidine rings is 2. The summed E-state index contributed by atoms with van der Waals surface area (Å²) >= 11 is 0. The largest absolute Gasteiger partial charge is 0.437 e. The molecule has 1 unspecified atom stereocenters. The van der Waals surface area contributed by atoms with Crippen LogP contribution in [0.2, 0.25) is 13.6 Å². The van der Waals surface area contributed by atoms with Crippen LogP contribution in [-0.2, 0) is 4.79 Å². The number of hydrogen-bond donors (Lipinski definition) is 3. The smallest absolute Gasteiger partial charge is 0.376 e. The maximum atomic E-state index is 10.4. The minimum absolute atomic E-state index is 0.137. The van der Waals surface area contributed by atoms with Gasteiger partial charge in [-0.25, -0.2) is 0 Å². The van der Waals surface area contributed by atoms with Gasteiger partial charge in [0.05, 0.1) is 0 Å². The lowest BCUT2D eigenvalue weighted by atomic mass is 9.81. The Morgan fingerprint density at radius 3 is 2.09 bits per heavy atom. The lowest BCUT2D eigenvalue weighted by molar-refractivity contribution is -0.112. The molecule has 8 heteroatoms. The highest BCUT2D eigenvalue weighted by atomic mass is 16.3. The molecule has 0 saturated carbocycles. The number of carbonyl (C=O) groups excluding carboxylic acids is 1. The van der Waals surface area contributed by atoms with Crippen LogP contribution >= 0.6 is 0 Å². The normalized spacial score (nSPS) is 26.8. The van der Waals surface area contributed by atoms with Crippen LogP contribution in [0.1, 0.15) is 25.7 Å². The molecule has 22 heavy (non-hydrogen) atoms. The summed E-state index contributed by atoms with van der Waals surface area (Å²) in [6, 6.07) is 0. The predicted molar refractivity (Wildman–Crippen MR) is 89.4 cm³/mol. The maximum absolute atomic E-state index is 10.4. The van der Waals surface area contributed by atoms with Crippen LogP contribution < -0.4 is 0 Å². The van der Waals surface area contributed by atoms with Crippen LogP contribution in [0.4, 0.5) is 0 Å². The third-order valence-electron chi connectivity index (χ3n) is 4.55. The number of nitrogens with zero attached hydrogens (tertiary/aromatic N) is 2. The Hall–Kier alpha value is -0.400. The quantitative estimate of drug-likeness (QED) is 0.493. The first-order valence-corrected chi connectivity index (χ1v) is 8.38. The Balaban J connectivity index is 0.000000220. The average molecular weight is 312 g/mol. The summed E-state index contributed by atoms with van der Waals surface area (Å²) in [5.41, 5.74) is 0. The van der Waals surface area contributed by atoms with Gasteiger partial charge in [-0.05, 0) is 71.4 Å². The fourth-order valence-corrected chi connectivity index (χ4v) is 3.08. The van der Waals surface area contributed by atoms with Crippen molar-refractivity contribution in [2.45, 2.75) is 39.3 Å². The van der Waals surface area contributed by atoms with Gasteiger partial charge in [-0.3, -0.25) is 0 Å². The van der Waals surface area contributed by atoms with Gasteiger partial charge in [0.25, 0.3) is 0 Å². The van der Waals surface area contributed by atoms with Crippen LogP contribution in [-0.4, -0.2) is 77.9 Å². The van der Waals surface area contributed by atoms with E-state index in [2.05, 4.69) is 0 Å². The topological polar surface area (TPSA) is 84.2 Å². The Kier molecular flexibility index (Phi) is 9.28. The molecule has 3 N–H and O–H groups in total. The maximum Gasteiger partial charge on any atom is 0.376 e. The van der Waals surface area contributed by atoms with Crippen LogP contribution in [0.5, 0.6) is 0 Å². The SMILES string of the molecule is CB(O)N1CCCC(C=O)C1.CB(O)N1CCC[C@@H](CO)C1. The lowest BCUT2D eigenvalue weighted by Crippen LogP contribution is -2.44. The molecular formula is C14H30B2N2O4. The van der Waals surface area contributed by atoms with Crippen molar-refractivity contribution in [2.75, 3.05) is 32.8 Å². The molecule has 0 amide bonds. The van der Waals surface area contributed by atoms with E-state index in [1.165, 1.54) is 0 Å². The van der Waals surface area contributed by atoms with Crippen LogP contribution in [0, 0.1) is 11.8 Å². The predicted octanol–water partition coefficient (Wildman–Crippen LogP) is -0.191. The average Bonchev–Trinajstić information content (AvgIpc) is 2.55. The summed E-state index contributed by atoms with van der Waals surface area (Å²) in [7, 11) is -0.762. The molecule has 0 aromatic heterocycles. The zero-order chi connectivity index (χ0) is 16.5. The van der Waals surface area contributed by atoms with Crippen molar-refractivity contribution < 1.29 is 19.9 Å². The highest BCUT2D eigenvalue weighted by Crippen LogP contribution is 2.16. The van der Waals surface area contributed by atoms with E-state index in [9.17, 15) is 14.8 Å². The standard InChI is InChI=1S/C7H16BNO2.C7H14BNO2/c2*1-8(11)9-4-2-3-7(5-9)6-10/h7,10-11H,2-6H2,1H3;6-7,11H,2-5H2,1H3/t7-;/m1./s1. The number of rotatable bonds is 4. The van der Waals surface area contributed by atoms with E-state index in [0.29, 0.717) is 5.92 Å². The number of aliphatic hydroxyl groups excluding tert-OH is 1. The van der Waals surface area contributed by atoms with Crippen LogP contribution in [0.3, 0.4) is 0 Å². The van der Waals surface area contributed by atoms with E-state index in [-0.39, 0.29) is 19.6 Å². The molecule has 2 aliphatic heterocycles. The summed E-state index contributed by atoms with van der Waals surface area (Å²) in [4.78, 5) is 14.4. The Morgan fingerprint density at radius 2 is 1.59 bits per heavy atom. The van der Waals surface area contributed by atoms with E-state index >= 15 is 0 Å². The summed E-state index contributed by atoms with van der Waals surface area (Å²) < 4.78 is 0. The van der Waals surface area contributed by atoms with Gasteiger partial charge >= 0.3 is 14.1 Å². The number of aliphatic hydroxyl groups is 1. The fourth-order valence-electron chi connectivity index (χ4n) is 3.08. The number of hydrogen-bond acceptors (Lipinski definition) is 6. The van der Waals surface area contributed by atoms with E-state index in [0.717, 1.165) is 58.1 Å². The van der Waals surface area contributed by atoms with E-state index < -0.39 is 7.05 Å². The summed E-state index contributed by atoms with van der Waals surface area (Å²) in [5.74, 6) is 0.511. The van der Waals surface area contributed by atoms with Gasteiger partial charge in [-0.1, -0.05) is 0 Å². The van der Waals surface area contributed by atoms with Gasteiger partial charge in [0.1, 0.15) is 6.29 Å². The zero-order valence-electron chi connectivity index (χ0n) is 13.9. The van der Waals surface area contributed by atoms with Crippen molar-refractivity contribution in [3.05, 3.63) is 0 Å². The van der Waals surface area contributed by atoms with Crippen molar-refractivity contribution in [2.24, 2.45) is 11.8 Å². The second kappa shape index (κ2) is 10.4. The van der Waals surface area contributed by atoms with E-state index in [1.807, 2.05) is 9.62 Å². The molecule has 2 fully saturated rings. The lowest BCUT2D eigenvalue weighted by Gasteiger charge is -2.32. The molecule has 6 nitrogen and oxygen atoms in total. The highest BCUT2D eigenvalue weighted by Gasteiger charge is 2.24. The summed E-state index contributed by atoms with van der Waals surface area (Å²) in [6.45, 7) is 7.22. The molecule has 2 saturated heterocycles. The van der Waals surface area contributed by atoms with Crippen molar-refractivity contribution in [3.8, 4) is 0 Å². The molecule has 0 bridgehead atoms. The molecule has 0 aliphatic carbocycles. The second-order valence-corrected chi connectivity index (χ2v) is 6.48. The Labute approximate surface area is 134 Å².